The van der Waals surface area contributed by atoms with Crippen molar-refractivity contribution in [2.24, 2.45) is 0 Å². The number of amides is 2. The van der Waals surface area contributed by atoms with Crippen LogP contribution in [0.5, 0.6) is 0 Å². The molecule has 2 amide bonds. The van der Waals surface area contributed by atoms with Crippen molar-refractivity contribution in [3.8, 4) is 0 Å². The Kier molecular flexibility index (Phi) is 4.26. The first kappa shape index (κ1) is 14.7. The predicted octanol–water partition coefficient (Wildman–Crippen LogP) is 1.87. The normalized spacial score (nSPS) is 10.7. The van der Waals surface area contributed by atoms with Crippen LogP contribution in [0.15, 0.2) is 24.3 Å². The standard InChI is InChI=1S/C13H16N2O4/c1-8(16)9-5-4-6-10(7-9)14-12(19)15-13(2,3)11(17)18/h4-7H,1-3H3,(H,17,18)(H2,14,15,19). The number of nitrogens with one attached hydrogen (secondary N) is 2. The fraction of sp³-hybridized carbons (Fsp3) is 0.308. The van der Waals surface area contributed by atoms with Crippen LogP contribution in [0.3, 0.4) is 0 Å². The zero-order valence-corrected chi connectivity index (χ0v) is 11.0. The van der Waals surface area contributed by atoms with Gasteiger partial charge in [0, 0.05) is 11.3 Å². The number of urea groups is 1. The topological polar surface area (TPSA) is 95.5 Å². The lowest BCUT2D eigenvalue weighted by Crippen LogP contribution is -2.51. The van der Waals surface area contributed by atoms with Crippen LogP contribution in [0.25, 0.3) is 0 Å². The number of aliphatic carboxylic acids is 1. The molecule has 0 aliphatic heterocycles. The predicted molar refractivity (Wildman–Crippen MR) is 70.3 cm³/mol. The second kappa shape index (κ2) is 5.51. The lowest BCUT2D eigenvalue weighted by atomic mass is 10.1. The van der Waals surface area contributed by atoms with E-state index in [0.717, 1.165) is 0 Å². The Morgan fingerprint density at radius 1 is 1.21 bits per heavy atom. The Morgan fingerprint density at radius 2 is 1.84 bits per heavy atom. The van der Waals surface area contributed by atoms with Crippen molar-refractivity contribution in [3.63, 3.8) is 0 Å². The Bertz CT molecular complexity index is 523. The summed E-state index contributed by atoms with van der Waals surface area (Å²) in [5.74, 6) is -1.25. The van der Waals surface area contributed by atoms with E-state index in [4.69, 9.17) is 5.11 Å². The van der Waals surface area contributed by atoms with Gasteiger partial charge in [0.15, 0.2) is 5.78 Å². The van der Waals surface area contributed by atoms with Gasteiger partial charge in [-0.1, -0.05) is 12.1 Å². The molecule has 0 aliphatic rings. The number of benzene rings is 1. The van der Waals surface area contributed by atoms with Gasteiger partial charge in [-0.2, -0.15) is 0 Å². The maximum absolute atomic E-state index is 11.6. The summed E-state index contributed by atoms with van der Waals surface area (Å²) in [6.07, 6.45) is 0. The second-order valence-electron chi connectivity index (χ2n) is 4.65. The lowest BCUT2D eigenvalue weighted by molar-refractivity contribution is -0.142. The number of carboxylic acid groups (broad SMARTS) is 1. The molecule has 19 heavy (non-hydrogen) atoms. The lowest BCUT2D eigenvalue weighted by Gasteiger charge is -2.21. The highest BCUT2D eigenvalue weighted by molar-refractivity contribution is 5.97. The van der Waals surface area contributed by atoms with Crippen molar-refractivity contribution in [2.45, 2.75) is 26.3 Å². The van der Waals surface area contributed by atoms with Gasteiger partial charge in [-0.05, 0) is 32.9 Å². The molecular weight excluding hydrogens is 248 g/mol. The number of anilines is 1. The maximum Gasteiger partial charge on any atom is 0.328 e. The highest BCUT2D eigenvalue weighted by Gasteiger charge is 2.28. The minimum absolute atomic E-state index is 0.116. The van der Waals surface area contributed by atoms with E-state index in [0.29, 0.717) is 11.3 Å². The van der Waals surface area contributed by atoms with E-state index < -0.39 is 17.5 Å². The summed E-state index contributed by atoms with van der Waals surface area (Å²) in [6, 6.07) is 5.75. The van der Waals surface area contributed by atoms with Gasteiger partial charge in [-0.3, -0.25) is 4.79 Å². The van der Waals surface area contributed by atoms with Crippen molar-refractivity contribution < 1.29 is 19.5 Å². The first-order chi connectivity index (χ1) is 8.72. The molecule has 6 heteroatoms. The molecule has 3 N–H and O–H groups in total. The molecule has 0 atom stereocenters. The number of ketones is 1. The molecule has 0 heterocycles. The highest BCUT2D eigenvalue weighted by atomic mass is 16.4. The van der Waals surface area contributed by atoms with E-state index in [-0.39, 0.29) is 5.78 Å². The molecule has 0 bridgehead atoms. The van der Waals surface area contributed by atoms with E-state index in [2.05, 4.69) is 10.6 Å². The molecule has 0 fully saturated rings. The van der Waals surface area contributed by atoms with Crippen LogP contribution in [-0.4, -0.2) is 28.4 Å². The average molecular weight is 264 g/mol. The summed E-state index contributed by atoms with van der Waals surface area (Å²) in [6.45, 7) is 4.18. The van der Waals surface area contributed by atoms with Crippen LogP contribution in [0.4, 0.5) is 10.5 Å². The SMILES string of the molecule is CC(=O)c1cccc(NC(=O)NC(C)(C)C(=O)O)c1. The van der Waals surface area contributed by atoms with Gasteiger partial charge in [-0.15, -0.1) is 0 Å². The first-order valence-corrected chi connectivity index (χ1v) is 5.66. The zero-order valence-electron chi connectivity index (χ0n) is 11.0. The first-order valence-electron chi connectivity index (χ1n) is 5.66. The van der Waals surface area contributed by atoms with Crippen molar-refractivity contribution >= 4 is 23.5 Å². The Hall–Kier alpha value is -2.37. The number of carbonyl (C=O) groups is 3. The average Bonchev–Trinajstić information content (AvgIpc) is 2.28. The van der Waals surface area contributed by atoms with Gasteiger partial charge in [0.1, 0.15) is 5.54 Å². The summed E-state index contributed by atoms with van der Waals surface area (Å²) in [7, 11) is 0. The fourth-order valence-corrected chi connectivity index (χ4v) is 1.32. The van der Waals surface area contributed by atoms with E-state index in [1.807, 2.05) is 0 Å². The summed E-state index contributed by atoms with van der Waals surface area (Å²) in [4.78, 5) is 33.7. The Balaban J connectivity index is 2.75. The van der Waals surface area contributed by atoms with Crippen LogP contribution >= 0.6 is 0 Å². The smallest absolute Gasteiger partial charge is 0.328 e. The number of carboxylic acids is 1. The molecule has 1 aromatic rings. The van der Waals surface area contributed by atoms with Crippen LogP contribution < -0.4 is 10.6 Å². The minimum Gasteiger partial charge on any atom is -0.480 e. The molecule has 0 aromatic heterocycles. The van der Waals surface area contributed by atoms with Crippen LogP contribution in [0.2, 0.25) is 0 Å². The maximum atomic E-state index is 11.6. The van der Waals surface area contributed by atoms with Gasteiger partial charge >= 0.3 is 12.0 Å². The minimum atomic E-state index is -1.37. The molecule has 0 unspecified atom stereocenters. The zero-order chi connectivity index (χ0) is 14.6. The molecule has 102 valence electrons. The monoisotopic (exact) mass is 264 g/mol. The van der Waals surface area contributed by atoms with E-state index >= 15 is 0 Å². The van der Waals surface area contributed by atoms with Crippen LogP contribution in [0.1, 0.15) is 31.1 Å². The van der Waals surface area contributed by atoms with Gasteiger partial charge in [0.05, 0.1) is 0 Å². The summed E-state index contributed by atoms with van der Waals surface area (Å²) in [5.41, 5.74) is -0.482. The van der Waals surface area contributed by atoms with Crippen molar-refractivity contribution in [1.29, 1.82) is 0 Å². The van der Waals surface area contributed by atoms with Crippen LogP contribution in [0, 0.1) is 0 Å². The van der Waals surface area contributed by atoms with Crippen molar-refractivity contribution in [1.82, 2.24) is 5.32 Å². The van der Waals surface area contributed by atoms with E-state index in [9.17, 15) is 14.4 Å². The molecule has 0 aliphatic carbocycles. The van der Waals surface area contributed by atoms with Gasteiger partial charge in [-0.25, -0.2) is 9.59 Å². The third-order valence-electron chi connectivity index (χ3n) is 2.49. The number of carbonyl (C=O) groups excluding carboxylic acids is 2. The number of hydrogen-bond acceptors (Lipinski definition) is 3. The molecule has 0 radical (unpaired) electrons. The number of Topliss-reactive ketones (excluding diaryl/α,β-unsaturated/α-hetero) is 1. The fourth-order valence-electron chi connectivity index (χ4n) is 1.32. The van der Waals surface area contributed by atoms with Crippen molar-refractivity contribution in [2.75, 3.05) is 5.32 Å². The quantitative estimate of drug-likeness (QED) is 0.723. The largest absolute Gasteiger partial charge is 0.480 e. The third kappa shape index (κ3) is 4.09. The van der Waals surface area contributed by atoms with E-state index in [1.54, 1.807) is 18.2 Å². The molecule has 0 saturated carbocycles. The number of hydrogen-bond donors (Lipinski definition) is 3. The van der Waals surface area contributed by atoms with E-state index in [1.165, 1.54) is 26.8 Å². The summed E-state index contributed by atoms with van der Waals surface area (Å²) in [5, 5.41) is 13.7. The Morgan fingerprint density at radius 3 is 2.37 bits per heavy atom. The third-order valence-corrected chi connectivity index (χ3v) is 2.49. The summed E-state index contributed by atoms with van der Waals surface area (Å²) < 4.78 is 0. The van der Waals surface area contributed by atoms with Crippen molar-refractivity contribution in [3.05, 3.63) is 29.8 Å². The molecule has 1 rings (SSSR count). The molecule has 0 saturated heterocycles. The molecule has 6 nitrogen and oxygen atoms in total. The highest BCUT2D eigenvalue weighted by Crippen LogP contribution is 2.11. The van der Waals surface area contributed by atoms with Gasteiger partial charge < -0.3 is 15.7 Å². The molecule has 1 aromatic carbocycles. The summed E-state index contributed by atoms with van der Waals surface area (Å²) >= 11 is 0. The number of rotatable bonds is 4. The van der Waals surface area contributed by atoms with Gasteiger partial charge in [0.25, 0.3) is 0 Å². The Labute approximate surface area is 110 Å². The van der Waals surface area contributed by atoms with Gasteiger partial charge in [0.2, 0.25) is 0 Å². The molecular formula is C13H16N2O4. The molecule has 0 spiro atoms. The second-order valence-corrected chi connectivity index (χ2v) is 4.65. The van der Waals surface area contributed by atoms with Crippen LogP contribution in [-0.2, 0) is 4.79 Å².